The van der Waals surface area contributed by atoms with Crippen molar-refractivity contribution in [2.45, 2.75) is 13.8 Å². The van der Waals surface area contributed by atoms with Crippen molar-refractivity contribution in [1.29, 1.82) is 0 Å². The molecule has 4 aromatic rings. The van der Waals surface area contributed by atoms with Crippen LogP contribution in [0, 0.1) is 37.5 Å². The zero-order valence-corrected chi connectivity index (χ0v) is 19.9. The van der Waals surface area contributed by atoms with Crippen LogP contribution in [0.2, 0.25) is 0 Å². The molecule has 0 atom stereocenters. The Morgan fingerprint density at radius 1 is 0.500 bits per heavy atom. The third kappa shape index (κ3) is 6.73. The lowest BCUT2D eigenvalue weighted by Gasteiger charge is -2.04. The van der Waals surface area contributed by atoms with Crippen molar-refractivity contribution in [3.63, 3.8) is 0 Å². The number of ether oxygens (including phenoxy) is 2. The van der Waals surface area contributed by atoms with E-state index in [1.165, 1.54) is 0 Å². The number of carbonyl (C=O) groups excluding carboxylic acids is 2. The number of rotatable bonds is 4. The number of benzene rings is 4. The van der Waals surface area contributed by atoms with Crippen LogP contribution < -0.4 is 9.47 Å². The summed E-state index contributed by atoms with van der Waals surface area (Å²) in [4.78, 5) is 24.4. The lowest BCUT2D eigenvalue weighted by atomic mass is 10.1. The minimum atomic E-state index is -0.407. The van der Waals surface area contributed by atoms with Crippen LogP contribution in [0.3, 0.4) is 0 Å². The van der Waals surface area contributed by atoms with Crippen LogP contribution in [-0.4, -0.2) is 11.9 Å². The zero-order chi connectivity index (χ0) is 25.3. The molecule has 0 aliphatic heterocycles. The first kappa shape index (κ1) is 24.1. The maximum atomic E-state index is 12.2. The largest absolute Gasteiger partial charge is 0.423 e. The van der Waals surface area contributed by atoms with Gasteiger partial charge in [0.2, 0.25) is 0 Å². The van der Waals surface area contributed by atoms with Crippen LogP contribution >= 0.6 is 0 Å². The van der Waals surface area contributed by atoms with E-state index >= 15 is 0 Å². The Kier molecular flexibility index (Phi) is 7.61. The molecule has 0 unspecified atom stereocenters. The van der Waals surface area contributed by atoms with Gasteiger partial charge in [0.15, 0.2) is 0 Å². The van der Waals surface area contributed by atoms with Gasteiger partial charge >= 0.3 is 11.9 Å². The summed E-state index contributed by atoms with van der Waals surface area (Å²) in [5.41, 5.74) is 4.65. The van der Waals surface area contributed by atoms with Gasteiger partial charge in [-0.1, -0.05) is 47.2 Å². The van der Waals surface area contributed by atoms with Gasteiger partial charge in [0.25, 0.3) is 0 Å². The van der Waals surface area contributed by atoms with Crippen LogP contribution in [0.1, 0.15) is 43.0 Å². The maximum Gasteiger partial charge on any atom is 0.343 e. The van der Waals surface area contributed by atoms with E-state index in [2.05, 4.69) is 23.7 Å². The molecule has 0 heterocycles. The molecular weight excluding hydrogens is 448 g/mol. The van der Waals surface area contributed by atoms with E-state index in [1.54, 1.807) is 72.8 Å². The number of esters is 2. The number of aryl methyl sites for hydroxylation is 2. The first-order valence-electron chi connectivity index (χ1n) is 11.3. The lowest BCUT2D eigenvalue weighted by molar-refractivity contribution is 0.0725. The van der Waals surface area contributed by atoms with Crippen LogP contribution in [-0.2, 0) is 0 Å². The molecule has 0 bridgehead atoms. The monoisotopic (exact) mass is 470 g/mol. The molecule has 4 nitrogen and oxygen atoms in total. The van der Waals surface area contributed by atoms with Gasteiger partial charge in [-0.25, -0.2) is 9.59 Å². The molecule has 0 aliphatic carbocycles. The first-order valence-corrected chi connectivity index (χ1v) is 11.3. The van der Waals surface area contributed by atoms with Crippen molar-refractivity contribution in [1.82, 2.24) is 0 Å². The van der Waals surface area contributed by atoms with Gasteiger partial charge in [-0.3, -0.25) is 0 Å². The summed E-state index contributed by atoms with van der Waals surface area (Å²) >= 11 is 0. The number of hydrogen-bond donors (Lipinski definition) is 0. The lowest BCUT2D eigenvalue weighted by Crippen LogP contribution is -2.08. The normalized spacial score (nSPS) is 9.72. The zero-order valence-electron chi connectivity index (χ0n) is 19.9. The van der Waals surface area contributed by atoms with Gasteiger partial charge < -0.3 is 9.47 Å². The van der Waals surface area contributed by atoms with Gasteiger partial charge in [0.1, 0.15) is 11.5 Å². The molecule has 0 fully saturated rings. The summed E-state index contributed by atoms with van der Waals surface area (Å²) in [5.74, 6) is 11.6. The van der Waals surface area contributed by atoms with E-state index in [4.69, 9.17) is 9.47 Å². The van der Waals surface area contributed by atoms with Crippen molar-refractivity contribution in [3.05, 3.63) is 130 Å². The smallest absolute Gasteiger partial charge is 0.343 e. The molecule has 0 spiro atoms. The number of carbonyl (C=O) groups is 2. The summed E-state index contributed by atoms with van der Waals surface area (Å²) in [6, 6.07) is 28.3. The highest BCUT2D eigenvalue weighted by atomic mass is 16.5. The van der Waals surface area contributed by atoms with Crippen molar-refractivity contribution >= 4 is 11.9 Å². The minimum absolute atomic E-state index is 0.407. The Bertz CT molecular complexity index is 1370. The topological polar surface area (TPSA) is 52.6 Å². The molecule has 0 amide bonds. The van der Waals surface area contributed by atoms with E-state index < -0.39 is 11.9 Å². The quantitative estimate of drug-likeness (QED) is 0.204. The first-order chi connectivity index (χ1) is 17.5. The average molecular weight is 471 g/mol. The van der Waals surface area contributed by atoms with Crippen LogP contribution in [0.4, 0.5) is 0 Å². The molecule has 4 aromatic carbocycles. The molecule has 0 aliphatic rings. The fourth-order valence-electron chi connectivity index (χ4n) is 3.13. The van der Waals surface area contributed by atoms with E-state index in [9.17, 15) is 9.59 Å². The van der Waals surface area contributed by atoms with Gasteiger partial charge in [-0.05, 0) is 98.5 Å². The summed E-state index contributed by atoms with van der Waals surface area (Å²) in [6.45, 7) is 3.92. The second-order valence-electron chi connectivity index (χ2n) is 8.06. The van der Waals surface area contributed by atoms with Gasteiger partial charge in [-0.15, -0.1) is 0 Å². The predicted octanol–water partition coefficient (Wildman–Crippen LogP) is 6.15. The Balaban J connectivity index is 1.31. The Labute approximate surface area is 210 Å². The molecule has 4 rings (SSSR count). The van der Waals surface area contributed by atoms with Gasteiger partial charge in [0, 0.05) is 11.1 Å². The maximum absolute atomic E-state index is 12.2. The van der Waals surface area contributed by atoms with Crippen molar-refractivity contribution in [2.24, 2.45) is 0 Å². The molecule has 0 aromatic heterocycles. The van der Waals surface area contributed by atoms with E-state index in [0.717, 1.165) is 22.3 Å². The molecule has 0 radical (unpaired) electrons. The Morgan fingerprint density at radius 2 is 0.833 bits per heavy atom. The van der Waals surface area contributed by atoms with Crippen molar-refractivity contribution < 1.29 is 19.1 Å². The molecule has 0 N–H and O–H groups in total. The van der Waals surface area contributed by atoms with E-state index in [-0.39, 0.29) is 0 Å². The van der Waals surface area contributed by atoms with Crippen molar-refractivity contribution in [3.8, 4) is 35.2 Å². The highest BCUT2D eigenvalue weighted by Crippen LogP contribution is 2.16. The Morgan fingerprint density at radius 3 is 1.17 bits per heavy atom. The standard InChI is InChI=1S/C32H22O4/c1-23-7-15-27(16-8-23)31(33)35-29-19-11-25(12-20-29)5-3-4-6-26-13-21-30(22-14-26)36-32(34)28-17-9-24(2)10-18-28/h7-22H,1-2H3. The minimum Gasteiger partial charge on any atom is -0.423 e. The molecule has 36 heavy (non-hydrogen) atoms. The van der Waals surface area contributed by atoms with Crippen LogP contribution in [0.5, 0.6) is 11.5 Å². The van der Waals surface area contributed by atoms with Gasteiger partial charge in [0.05, 0.1) is 11.1 Å². The van der Waals surface area contributed by atoms with E-state index in [1.807, 2.05) is 38.1 Å². The third-order valence-electron chi connectivity index (χ3n) is 5.18. The average Bonchev–Trinajstić information content (AvgIpc) is 2.89. The second-order valence-corrected chi connectivity index (χ2v) is 8.06. The number of hydrogen-bond acceptors (Lipinski definition) is 4. The van der Waals surface area contributed by atoms with Gasteiger partial charge in [-0.2, -0.15) is 0 Å². The SMILES string of the molecule is Cc1ccc(C(=O)Oc2ccc(C#CC#Cc3ccc(OC(=O)c4ccc(C)cc4)cc3)cc2)cc1. The van der Waals surface area contributed by atoms with E-state index in [0.29, 0.717) is 22.6 Å². The third-order valence-corrected chi connectivity index (χ3v) is 5.18. The summed E-state index contributed by atoms with van der Waals surface area (Å²) in [7, 11) is 0. The summed E-state index contributed by atoms with van der Waals surface area (Å²) < 4.78 is 10.8. The van der Waals surface area contributed by atoms with Crippen molar-refractivity contribution in [2.75, 3.05) is 0 Å². The predicted molar refractivity (Wildman–Crippen MR) is 139 cm³/mol. The highest BCUT2D eigenvalue weighted by molar-refractivity contribution is 5.91. The molecule has 0 saturated carbocycles. The summed E-state index contributed by atoms with van der Waals surface area (Å²) in [5, 5.41) is 0. The molecule has 4 heteroatoms. The Hall–Kier alpha value is -5.06. The summed E-state index contributed by atoms with van der Waals surface area (Å²) in [6.07, 6.45) is 0. The van der Waals surface area contributed by atoms with Crippen LogP contribution in [0.15, 0.2) is 97.1 Å². The molecular formula is C32H22O4. The highest BCUT2D eigenvalue weighted by Gasteiger charge is 2.09. The fourth-order valence-corrected chi connectivity index (χ4v) is 3.13. The molecule has 174 valence electrons. The second kappa shape index (κ2) is 11.4. The fraction of sp³-hybridized carbons (Fsp3) is 0.0625. The molecule has 0 saturated heterocycles. The van der Waals surface area contributed by atoms with Crippen LogP contribution in [0.25, 0.3) is 0 Å².